The molecule has 3 amide bonds. The number of piperidine rings is 1. The SMILES string of the molecule is CCOCCCNC(=O)c1cc(NC(=O)NC2CCCCC2)ccc1N1CCC(C)CC1. The number of amides is 3. The van der Waals surface area contributed by atoms with Crippen molar-refractivity contribution in [1.29, 1.82) is 0 Å². The first-order valence-corrected chi connectivity index (χ1v) is 12.4. The molecule has 2 fully saturated rings. The molecule has 1 saturated heterocycles. The van der Waals surface area contributed by atoms with Crippen LogP contribution in [0.2, 0.25) is 0 Å². The van der Waals surface area contributed by atoms with Gasteiger partial charge in [0.05, 0.1) is 5.56 Å². The van der Waals surface area contributed by atoms with Crippen LogP contribution in [0, 0.1) is 5.92 Å². The molecular formula is C25H40N4O3. The molecule has 1 aliphatic heterocycles. The summed E-state index contributed by atoms with van der Waals surface area (Å²) >= 11 is 0. The van der Waals surface area contributed by atoms with Crippen molar-refractivity contribution in [3.05, 3.63) is 23.8 Å². The lowest BCUT2D eigenvalue weighted by Crippen LogP contribution is -2.39. The average Bonchev–Trinajstić information content (AvgIpc) is 2.80. The average molecular weight is 445 g/mol. The standard InChI is InChI=1S/C25H40N4O3/c1-3-32-17-7-14-26-24(30)22-18-21(28-25(31)27-20-8-5-4-6-9-20)10-11-23(22)29-15-12-19(2)13-16-29/h10-11,18-20H,3-9,12-17H2,1-2H3,(H,26,30)(H2,27,28,31). The third-order valence-corrected chi connectivity index (χ3v) is 6.52. The second kappa shape index (κ2) is 12.7. The molecule has 32 heavy (non-hydrogen) atoms. The fraction of sp³-hybridized carbons (Fsp3) is 0.680. The van der Waals surface area contributed by atoms with Gasteiger partial charge in [0.25, 0.3) is 5.91 Å². The highest BCUT2D eigenvalue weighted by molar-refractivity contribution is 6.02. The molecule has 1 saturated carbocycles. The Kier molecular flexibility index (Phi) is 9.65. The van der Waals surface area contributed by atoms with Crippen molar-refractivity contribution < 1.29 is 14.3 Å². The Morgan fingerprint density at radius 3 is 2.56 bits per heavy atom. The van der Waals surface area contributed by atoms with Crippen molar-refractivity contribution in [3.63, 3.8) is 0 Å². The first-order valence-electron chi connectivity index (χ1n) is 12.4. The van der Waals surface area contributed by atoms with Gasteiger partial charge in [-0.25, -0.2) is 4.79 Å². The van der Waals surface area contributed by atoms with Crippen molar-refractivity contribution in [2.75, 3.05) is 43.1 Å². The van der Waals surface area contributed by atoms with Crippen LogP contribution in [0.3, 0.4) is 0 Å². The van der Waals surface area contributed by atoms with Crippen LogP contribution in [0.5, 0.6) is 0 Å². The zero-order valence-corrected chi connectivity index (χ0v) is 19.8. The van der Waals surface area contributed by atoms with Crippen LogP contribution >= 0.6 is 0 Å². The minimum atomic E-state index is -0.195. The largest absolute Gasteiger partial charge is 0.382 e. The Morgan fingerprint density at radius 1 is 1.09 bits per heavy atom. The van der Waals surface area contributed by atoms with Crippen LogP contribution in [0.25, 0.3) is 0 Å². The van der Waals surface area contributed by atoms with E-state index in [-0.39, 0.29) is 18.0 Å². The number of carbonyl (C=O) groups is 2. The van der Waals surface area contributed by atoms with Gasteiger partial charge in [-0.15, -0.1) is 0 Å². The number of urea groups is 1. The number of benzene rings is 1. The molecule has 1 aliphatic carbocycles. The zero-order chi connectivity index (χ0) is 22.8. The molecule has 7 heteroatoms. The first-order chi connectivity index (χ1) is 15.6. The lowest BCUT2D eigenvalue weighted by molar-refractivity contribution is 0.0944. The number of hydrogen-bond acceptors (Lipinski definition) is 4. The number of hydrogen-bond donors (Lipinski definition) is 3. The van der Waals surface area contributed by atoms with Gasteiger partial charge in [0.2, 0.25) is 0 Å². The van der Waals surface area contributed by atoms with E-state index in [9.17, 15) is 9.59 Å². The summed E-state index contributed by atoms with van der Waals surface area (Å²) in [6.45, 7) is 8.02. The Hall–Kier alpha value is -2.28. The molecule has 178 valence electrons. The molecule has 3 N–H and O–H groups in total. The highest BCUT2D eigenvalue weighted by Gasteiger charge is 2.22. The first kappa shape index (κ1) is 24.4. The second-order valence-corrected chi connectivity index (χ2v) is 9.14. The Morgan fingerprint density at radius 2 is 1.84 bits per heavy atom. The van der Waals surface area contributed by atoms with E-state index in [2.05, 4.69) is 27.8 Å². The van der Waals surface area contributed by atoms with Crippen LogP contribution < -0.4 is 20.9 Å². The minimum Gasteiger partial charge on any atom is -0.382 e. The Bertz CT molecular complexity index is 741. The highest BCUT2D eigenvalue weighted by Crippen LogP contribution is 2.29. The number of carbonyl (C=O) groups excluding carboxylic acids is 2. The predicted molar refractivity (Wildman–Crippen MR) is 130 cm³/mol. The van der Waals surface area contributed by atoms with Crippen molar-refractivity contribution in [2.45, 2.75) is 71.3 Å². The van der Waals surface area contributed by atoms with E-state index < -0.39 is 0 Å². The normalized spacial score (nSPS) is 17.8. The summed E-state index contributed by atoms with van der Waals surface area (Å²) in [6, 6.07) is 5.73. The lowest BCUT2D eigenvalue weighted by Gasteiger charge is -2.33. The van der Waals surface area contributed by atoms with Gasteiger partial charge in [0.1, 0.15) is 0 Å². The van der Waals surface area contributed by atoms with Gasteiger partial charge in [-0.3, -0.25) is 4.79 Å². The fourth-order valence-electron chi connectivity index (χ4n) is 4.54. The maximum absolute atomic E-state index is 13.1. The van der Waals surface area contributed by atoms with E-state index in [1.807, 2.05) is 25.1 Å². The van der Waals surface area contributed by atoms with Gasteiger partial charge in [-0.2, -0.15) is 0 Å². The topological polar surface area (TPSA) is 82.7 Å². The maximum Gasteiger partial charge on any atom is 0.319 e. The molecule has 0 radical (unpaired) electrons. The van der Waals surface area contributed by atoms with Crippen molar-refractivity contribution in [1.82, 2.24) is 10.6 Å². The minimum absolute atomic E-state index is 0.105. The fourth-order valence-corrected chi connectivity index (χ4v) is 4.54. The summed E-state index contributed by atoms with van der Waals surface area (Å²) in [5, 5.41) is 9.03. The molecular weight excluding hydrogens is 404 g/mol. The smallest absolute Gasteiger partial charge is 0.319 e. The summed E-state index contributed by atoms with van der Waals surface area (Å²) < 4.78 is 5.36. The van der Waals surface area contributed by atoms with Crippen LogP contribution in [0.15, 0.2) is 18.2 Å². The molecule has 0 spiro atoms. The van der Waals surface area contributed by atoms with E-state index in [1.54, 1.807) is 0 Å². The van der Waals surface area contributed by atoms with Crippen LogP contribution in [0.1, 0.15) is 75.6 Å². The molecule has 1 aromatic carbocycles. The molecule has 3 rings (SSSR count). The third-order valence-electron chi connectivity index (χ3n) is 6.52. The van der Waals surface area contributed by atoms with Gasteiger partial charge in [-0.1, -0.05) is 26.2 Å². The van der Waals surface area contributed by atoms with E-state index in [1.165, 1.54) is 19.3 Å². The number of nitrogens with one attached hydrogen (secondary N) is 3. The molecule has 7 nitrogen and oxygen atoms in total. The van der Waals surface area contributed by atoms with Crippen molar-refractivity contribution in [3.8, 4) is 0 Å². The summed E-state index contributed by atoms with van der Waals surface area (Å²) in [6.07, 6.45) is 8.68. The Labute approximate surface area is 192 Å². The summed E-state index contributed by atoms with van der Waals surface area (Å²) in [4.78, 5) is 27.9. The monoisotopic (exact) mass is 444 g/mol. The molecule has 0 bridgehead atoms. The maximum atomic E-state index is 13.1. The number of nitrogens with zero attached hydrogens (tertiary/aromatic N) is 1. The summed E-state index contributed by atoms with van der Waals surface area (Å²) in [5.74, 6) is 0.609. The number of anilines is 2. The molecule has 0 unspecified atom stereocenters. The van der Waals surface area contributed by atoms with Crippen LogP contribution in [-0.2, 0) is 4.74 Å². The summed E-state index contributed by atoms with van der Waals surface area (Å²) in [7, 11) is 0. The van der Waals surface area contributed by atoms with Gasteiger partial charge >= 0.3 is 6.03 Å². The number of rotatable bonds is 9. The predicted octanol–water partition coefficient (Wildman–Crippen LogP) is 4.53. The van der Waals surface area contributed by atoms with Crippen molar-refractivity contribution in [2.24, 2.45) is 5.92 Å². The lowest BCUT2D eigenvalue weighted by atomic mass is 9.96. The van der Waals surface area contributed by atoms with Gasteiger partial charge in [0, 0.05) is 50.3 Å². The van der Waals surface area contributed by atoms with Crippen LogP contribution in [0.4, 0.5) is 16.2 Å². The zero-order valence-electron chi connectivity index (χ0n) is 19.8. The van der Waals surface area contributed by atoms with E-state index >= 15 is 0 Å². The van der Waals surface area contributed by atoms with E-state index in [4.69, 9.17) is 4.74 Å². The van der Waals surface area contributed by atoms with Gasteiger partial charge < -0.3 is 25.6 Å². The van der Waals surface area contributed by atoms with E-state index in [0.29, 0.717) is 36.9 Å². The molecule has 0 aromatic heterocycles. The third kappa shape index (κ3) is 7.40. The van der Waals surface area contributed by atoms with E-state index in [0.717, 1.165) is 50.9 Å². The molecule has 1 heterocycles. The number of ether oxygens (including phenoxy) is 1. The Balaban J connectivity index is 1.67. The molecule has 1 aromatic rings. The molecule has 0 atom stereocenters. The quantitative estimate of drug-likeness (QED) is 0.489. The van der Waals surface area contributed by atoms with Crippen molar-refractivity contribution >= 4 is 23.3 Å². The highest BCUT2D eigenvalue weighted by atomic mass is 16.5. The van der Waals surface area contributed by atoms with Crippen LogP contribution in [-0.4, -0.2) is 50.8 Å². The second-order valence-electron chi connectivity index (χ2n) is 9.14. The van der Waals surface area contributed by atoms with Gasteiger partial charge in [0.15, 0.2) is 0 Å². The van der Waals surface area contributed by atoms with Gasteiger partial charge in [-0.05, 0) is 63.1 Å². The summed E-state index contributed by atoms with van der Waals surface area (Å²) in [5.41, 5.74) is 2.20. The molecule has 2 aliphatic rings.